The highest BCUT2D eigenvalue weighted by Gasteiger charge is 2.21. The molecule has 0 spiro atoms. The third-order valence-corrected chi connectivity index (χ3v) is 6.30. The molecule has 43 heavy (non-hydrogen) atoms. The minimum absolute atomic E-state index is 0.102. The number of primary amides is 2. The van der Waals surface area contributed by atoms with E-state index in [1.165, 1.54) is 31.3 Å². The van der Waals surface area contributed by atoms with Crippen LogP contribution in [0.2, 0.25) is 0 Å². The Balaban J connectivity index is 1.48. The van der Waals surface area contributed by atoms with E-state index in [9.17, 15) is 9.59 Å². The van der Waals surface area contributed by atoms with Crippen molar-refractivity contribution >= 4 is 46.5 Å². The van der Waals surface area contributed by atoms with Gasteiger partial charge in [-0.15, -0.1) is 20.5 Å². The van der Waals surface area contributed by atoms with Crippen LogP contribution >= 0.6 is 0 Å². The quantitative estimate of drug-likeness (QED) is 0.190. The molecule has 5 rings (SSSR count). The van der Waals surface area contributed by atoms with Gasteiger partial charge >= 0.3 is 0 Å². The molecule has 20 heteroatoms. The fraction of sp³-hybridized carbons (Fsp3) is 0.217. The number of anilines is 2. The molecule has 0 aliphatic carbocycles. The number of amides is 2. The summed E-state index contributed by atoms with van der Waals surface area (Å²) in [6.45, 7) is 5.01. The van der Waals surface area contributed by atoms with E-state index in [0.29, 0.717) is 17.1 Å². The predicted octanol–water partition coefficient (Wildman–Crippen LogP) is 1.43. The van der Waals surface area contributed by atoms with Gasteiger partial charge in [0.15, 0.2) is 46.3 Å². The number of nitrogens with two attached hydrogens (primary N) is 4. The average Bonchev–Trinajstić information content (AvgIpc) is 3.64. The van der Waals surface area contributed by atoms with Crippen molar-refractivity contribution in [3.63, 3.8) is 0 Å². The SMILES string of the molecule is Cc1nn(-c2cc(-n3nc(C)c(N=Nc4c(C(N)=O)c(C)nn4C)c3N)ncn2)c(N)c1N=Nc1c(C(N)=O)cnn1C. The third kappa shape index (κ3) is 4.92. The zero-order valence-corrected chi connectivity index (χ0v) is 23.6. The second-order valence-electron chi connectivity index (χ2n) is 9.24. The Morgan fingerprint density at radius 2 is 1.26 bits per heavy atom. The van der Waals surface area contributed by atoms with Gasteiger partial charge in [0, 0.05) is 20.2 Å². The van der Waals surface area contributed by atoms with Gasteiger partial charge in [-0.25, -0.2) is 19.3 Å². The van der Waals surface area contributed by atoms with E-state index >= 15 is 0 Å². The summed E-state index contributed by atoms with van der Waals surface area (Å²) in [5.74, 6) is -0.265. The number of hydrogen-bond acceptors (Lipinski definition) is 14. The Kier molecular flexibility index (Phi) is 6.93. The van der Waals surface area contributed by atoms with Crippen LogP contribution in [0.25, 0.3) is 11.6 Å². The number of carbonyl (C=O) groups is 2. The highest BCUT2D eigenvalue weighted by Crippen LogP contribution is 2.33. The Bertz CT molecular complexity index is 1970. The zero-order valence-electron chi connectivity index (χ0n) is 23.6. The molecular weight excluding hydrogens is 560 g/mol. The van der Waals surface area contributed by atoms with Crippen LogP contribution in [0.3, 0.4) is 0 Å². The van der Waals surface area contributed by atoms with Crippen LogP contribution in [0, 0.1) is 20.8 Å². The van der Waals surface area contributed by atoms with Crippen molar-refractivity contribution in [1.82, 2.24) is 49.1 Å². The van der Waals surface area contributed by atoms with Crippen molar-refractivity contribution in [2.45, 2.75) is 20.8 Å². The van der Waals surface area contributed by atoms with Crippen LogP contribution < -0.4 is 22.9 Å². The van der Waals surface area contributed by atoms with E-state index in [2.05, 4.69) is 50.8 Å². The highest BCUT2D eigenvalue weighted by atomic mass is 16.1. The number of rotatable bonds is 8. The van der Waals surface area contributed by atoms with Crippen LogP contribution in [0.1, 0.15) is 37.8 Å². The normalized spacial score (nSPS) is 11.7. The van der Waals surface area contributed by atoms with Gasteiger partial charge < -0.3 is 22.9 Å². The van der Waals surface area contributed by atoms with E-state index < -0.39 is 11.8 Å². The van der Waals surface area contributed by atoms with Gasteiger partial charge in [-0.2, -0.15) is 29.8 Å². The fourth-order valence-corrected chi connectivity index (χ4v) is 4.21. The fourth-order valence-electron chi connectivity index (χ4n) is 4.21. The molecule has 8 N–H and O–H groups in total. The summed E-state index contributed by atoms with van der Waals surface area (Å²) < 4.78 is 5.44. The van der Waals surface area contributed by atoms with Crippen molar-refractivity contribution in [3.05, 3.63) is 46.8 Å². The Hall–Kier alpha value is -6.34. The minimum atomic E-state index is -0.698. The van der Waals surface area contributed by atoms with Gasteiger partial charge in [0.05, 0.1) is 23.3 Å². The number of nitrogens with zero attached hydrogens (tertiary/aromatic N) is 14. The highest BCUT2D eigenvalue weighted by molar-refractivity contribution is 5.98. The Labute approximate surface area is 242 Å². The Morgan fingerprint density at radius 3 is 1.77 bits per heavy atom. The molecule has 0 bridgehead atoms. The molecule has 5 aromatic heterocycles. The van der Waals surface area contributed by atoms with E-state index in [4.69, 9.17) is 22.9 Å². The lowest BCUT2D eigenvalue weighted by Gasteiger charge is -2.06. The number of aromatic nitrogens is 10. The lowest BCUT2D eigenvalue weighted by molar-refractivity contribution is 0.0992. The summed E-state index contributed by atoms with van der Waals surface area (Å²) in [4.78, 5) is 32.1. The molecule has 2 amide bonds. The van der Waals surface area contributed by atoms with Crippen LogP contribution in [-0.4, -0.2) is 60.9 Å². The molecule has 5 aromatic rings. The lowest BCUT2D eigenvalue weighted by Crippen LogP contribution is -2.11. The van der Waals surface area contributed by atoms with Crippen molar-refractivity contribution < 1.29 is 9.59 Å². The molecule has 0 aliphatic rings. The molecule has 0 saturated heterocycles. The van der Waals surface area contributed by atoms with E-state index in [0.717, 1.165) is 0 Å². The van der Waals surface area contributed by atoms with E-state index in [1.54, 1.807) is 40.9 Å². The molecule has 0 radical (unpaired) electrons. The van der Waals surface area contributed by atoms with Crippen molar-refractivity contribution in [2.75, 3.05) is 11.5 Å². The van der Waals surface area contributed by atoms with Crippen LogP contribution in [0.15, 0.2) is 39.0 Å². The first kappa shape index (κ1) is 28.2. The van der Waals surface area contributed by atoms with E-state index in [1.807, 2.05) is 0 Å². The molecule has 0 atom stereocenters. The summed E-state index contributed by atoms with van der Waals surface area (Å²) in [5.41, 5.74) is 25.6. The van der Waals surface area contributed by atoms with Crippen molar-refractivity contribution in [1.29, 1.82) is 0 Å². The number of carbonyl (C=O) groups excluding carboxylic acids is 2. The first-order chi connectivity index (χ1) is 20.4. The Morgan fingerprint density at radius 1 is 0.721 bits per heavy atom. The second kappa shape index (κ2) is 10.6. The van der Waals surface area contributed by atoms with Crippen molar-refractivity contribution in [2.24, 2.45) is 46.0 Å². The van der Waals surface area contributed by atoms with Gasteiger partial charge in [0.1, 0.15) is 17.5 Å². The minimum Gasteiger partial charge on any atom is -0.382 e. The molecule has 220 valence electrons. The molecule has 0 aliphatic heterocycles. The molecule has 5 heterocycles. The molecule has 20 nitrogen and oxygen atoms in total. The van der Waals surface area contributed by atoms with Gasteiger partial charge in [-0.05, 0) is 20.8 Å². The summed E-state index contributed by atoms with van der Waals surface area (Å²) >= 11 is 0. The van der Waals surface area contributed by atoms with Gasteiger partial charge in [0.25, 0.3) is 11.8 Å². The molecule has 0 saturated carbocycles. The second-order valence-corrected chi connectivity index (χ2v) is 9.24. The summed E-state index contributed by atoms with van der Waals surface area (Å²) in [6, 6.07) is 1.55. The number of nitrogen functional groups attached to an aromatic ring is 2. The van der Waals surface area contributed by atoms with Gasteiger partial charge in [0.2, 0.25) is 0 Å². The molecule has 0 unspecified atom stereocenters. The topological polar surface area (TPSA) is 285 Å². The predicted molar refractivity (Wildman–Crippen MR) is 151 cm³/mol. The number of azo groups is 2. The lowest BCUT2D eigenvalue weighted by atomic mass is 10.2. The number of hydrogen-bond donors (Lipinski definition) is 4. The first-order valence-electron chi connectivity index (χ1n) is 12.4. The standard InChI is InChI=1S/C23H26N18O2/c1-9-15(21(27)43)23(39(5)35-9)34-32-17-11(3)37-41(19(17)25)14-6-13(28-8-29-14)40-18(24)16(10(2)36-40)31-33-22-12(20(26)42)7-30-38(22)4/h6-8H,24-25H2,1-5H3,(H2,26,42)(H2,27,43). The largest absolute Gasteiger partial charge is 0.382 e. The smallest absolute Gasteiger partial charge is 0.254 e. The summed E-state index contributed by atoms with van der Waals surface area (Å²) in [7, 11) is 3.21. The van der Waals surface area contributed by atoms with Crippen LogP contribution in [0.5, 0.6) is 0 Å². The van der Waals surface area contributed by atoms with Gasteiger partial charge in [-0.3, -0.25) is 9.59 Å². The summed E-state index contributed by atoms with van der Waals surface area (Å²) in [5, 5.41) is 33.7. The zero-order chi connectivity index (χ0) is 31.2. The summed E-state index contributed by atoms with van der Waals surface area (Å²) in [6.07, 6.45) is 2.58. The molecule has 0 aromatic carbocycles. The van der Waals surface area contributed by atoms with Crippen LogP contribution in [0.4, 0.5) is 34.6 Å². The van der Waals surface area contributed by atoms with E-state index in [-0.39, 0.29) is 57.4 Å². The maximum Gasteiger partial charge on any atom is 0.254 e. The third-order valence-electron chi connectivity index (χ3n) is 6.30. The maximum absolute atomic E-state index is 11.9. The average molecular weight is 587 g/mol. The molecule has 0 fully saturated rings. The monoisotopic (exact) mass is 586 g/mol. The first-order valence-corrected chi connectivity index (χ1v) is 12.4. The van der Waals surface area contributed by atoms with Crippen LogP contribution in [-0.2, 0) is 14.1 Å². The number of aryl methyl sites for hydroxylation is 5. The maximum atomic E-state index is 11.9. The van der Waals surface area contributed by atoms with Crippen molar-refractivity contribution in [3.8, 4) is 11.6 Å². The molecular formula is C23H26N18O2. The van der Waals surface area contributed by atoms with Gasteiger partial charge in [-0.1, -0.05) is 0 Å².